The number of thioether (sulfide) groups is 1. The Morgan fingerprint density at radius 2 is 1.57 bits per heavy atom. The summed E-state index contributed by atoms with van der Waals surface area (Å²) in [7, 11) is 0. The fraction of sp³-hybridized carbons (Fsp3) is 0.200. The highest BCUT2D eigenvalue weighted by molar-refractivity contribution is 8.13. The summed E-state index contributed by atoms with van der Waals surface area (Å²) in [4.78, 5) is 19.2. The molecule has 1 heterocycles. The van der Waals surface area contributed by atoms with Gasteiger partial charge in [-0.3, -0.25) is 14.7 Å². The van der Waals surface area contributed by atoms with Crippen LogP contribution in [0.5, 0.6) is 5.75 Å². The number of amides is 1. The van der Waals surface area contributed by atoms with E-state index in [0.717, 1.165) is 34.0 Å². The Hall–Kier alpha value is -3.05. The number of aliphatic imine (C=N–C) groups is 1. The van der Waals surface area contributed by atoms with Gasteiger partial charge in [0.1, 0.15) is 5.75 Å². The maximum Gasteiger partial charge on any atom is 0.266 e. The second-order valence-electron chi connectivity index (χ2n) is 7.01. The van der Waals surface area contributed by atoms with Crippen LogP contribution in [0.3, 0.4) is 0 Å². The van der Waals surface area contributed by atoms with Crippen LogP contribution < -0.4 is 4.74 Å². The molecular formula is C25H24N2O2S. The first-order chi connectivity index (χ1) is 14.8. The minimum absolute atomic E-state index is 0.00952. The molecule has 0 atom stereocenters. The molecule has 0 radical (unpaired) electrons. The van der Waals surface area contributed by atoms with E-state index in [9.17, 15) is 4.79 Å². The topological polar surface area (TPSA) is 41.9 Å². The van der Waals surface area contributed by atoms with Gasteiger partial charge in [-0.1, -0.05) is 84.6 Å². The van der Waals surface area contributed by atoms with E-state index in [1.165, 1.54) is 0 Å². The minimum Gasteiger partial charge on any atom is -0.484 e. The molecule has 1 amide bonds. The average molecular weight is 417 g/mol. The molecule has 0 aromatic heterocycles. The van der Waals surface area contributed by atoms with Gasteiger partial charge in [0.15, 0.2) is 11.8 Å². The lowest BCUT2D eigenvalue weighted by Gasteiger charge is -2.27. The molecule has 4 nitrogen and oxygen atoms in total. The van der Waals surface area contributed by atoms with E-state index in [2.05, 4.69) is 17.1 Å². The first kappa shape index (κ1) is 20.2. The summed E-state index contributed by atoms with van der Waals surface area (Å²) in [5.41, 5.74) is 3.42. The Morgan fingerprint density at radius 3 is 2.30 bits per heavy atom. The van der Waals surface area contributed by atoms with Crippen molar-refractivity contribution in [2.45, 2.75) is 13.0 Å². The molecule has 1 saturated heterocycles. The monoisotopic (exact) mass is 416 g/mol. The number of nitrogens with zero attached hydrogens (tertiary/aromatic N) is 2. The first-order valence-electron chi connectivity index (χ1n) is 10.1. The first-order valence-corrected chi connectivity index (χ1v) is 11.1. The predicted octanol–water partition coefficient (Wildman–Crippen LogP) is 5.25. The second kappa shape index (κ2) is 10.1. The minimum atomic E-state index is -0.0545. The van der Waals surface area contributed by atoms with Crippen LogP contribution in [0, 0.1) is 0 Å². The highest BCUT2D eigenvalue weighted by Crippen LogP contribution is 2.23. The van der Waals surface area contributed by atoms with Crippen LogP contribution in [0.2, 0.25) is 0 Å². The fourth-order valence-corrected chi connectivity index (χ4v) is 4.22. The van der Waals surface area contributed by atoms with E-state index in [4.69, 9.17) is 4.74 Å². The standard InChI is InChI=1S/C25H24N2O2S/c28-24(19-29-23-14-12-22(13-15-23)21-10-5-2-6-11-21)27-16-7-17-30-25(27)26-18-20-8-3-1-4-9-20/h1-6,8-15H,7,16-19H2. The number of carbonyl (C=O) groups excluding carboxylic acids is 1. The summed E-state index contributed by atoms with van der Waals surface area (Å²) >= 11 is 1.64. The van der Waals surface area contributed by atoms with Gasteiger partial charge in [0, 0.05) is 12.3 Å². The Bertz CT molecular complexity index is 989. The van der Waals surface area contributed by atoms with Gasteiger partial charge in [-0.2, -0.15) is 0 Å². The van der Waals surface area contributed by atoms with Gasteiger partial charge >= 0.3 is 0 Å². The van der Waals surface area contributed by atoms with Crippen molar-refractivity contribution < 1.29 is 9.53 Å². The van der Waals surface area contributed by atoms with Crippen molar-refractivity contribution in [2.75, 3.05) is 18.9 Å². The van der Waals surface area contributed by atoms with E-state index < -0.39 is 0 Å². The van der Waals surface area contributed by atoms with Crippen LogP contribution in [0.15, 0.2) is 89.9 Å². The van der Waals surface area contributed by atoms with Crippen LogP contribution in [-0.2, 0) is 11.3 Å². The lowest BCUT2D eigenvalue weighted by atomic mass is 10.1. The molecule has 30 heavy (non-hydrogen) atoms. The second-order valence-corrected chi connectivity index (χ2v) is 8.07. The molecule has 0 bridgehead atoms. The fourth-order valence-electron chi connectivity index (χ4n) is 3.26. The quantitative estimate of drug-likeness (QED) is 0.551. The summed E-state index contributed by atoms with van der Waals surface area (Å²) in [6.07, 6.45) is 0.965. The highest BCUT2D eigenvalue weighted by atomic mass is 32.2. The predicted molar refractivity (Wildman–Crippen MR) is 124 cm³/mol. The molecule has 0 unspecified atom stereocenters. The molecule has 1 fully saturated rings. The molecule has 4 rings (SSSR count). The van der Waals surface area contributed by atoms with E-state index in [1.54, 1.807) is 16.7 Å². The number of hydrogen-bond acceptors (Lipinski definition) is 4. The van der Waals surface area contributed by atoms with Crippen LogP contribution in [0.25, 0.3) is 11.1 Å². The normalized spacial score (nSPS) is 15.2. The number of ether oxygens (including phenoxy) is 1. The van der Waals surface area contributed by atoms with Crippen LogP contribution in [-0.4, -0.2) is 34.9 Å². The van der Waals surface area contributed by atoms with Crippen molar-refractivity contribution in [2.24, 2.45) is 4.99 Å². The maximum absolute atomic E-state index is 12.8. The zero-order valence-corrected chi connectivity index (χ0v) is 17.6. The SMILES string of the molecule is O=C(COc1ccc(-c2ccccc2)cc1)N1CCCSC1=NCc1ccccc1. The number of rotatable bonds is 6. The Kier molecular flexibility index (Phi) is 6.83. The van der Waals surface area contributed by atoms with Crippen molar-refractivity contribution in [3.05, 3.63) is 90.5 Å². The third-order valence-electron chi connectivity index (χ3n) is 4.85. The van der Waals surface area contributed by atoms with Crippen LogP contribution >= 0.6 is 11.8 Å². The van der Waals surface area contributed by atoms with Gasteiger partial charge in [-0.15, -0.1) is 0 Å². The molecular weight excluding hydrogens is 392 g/mol. The van der Waals surface area contributed by atoms with Gasteiger partial charge in [0.05, 0.1) is 6.54 Å². The molecule has 0 spiro atoms. The summed E-state index contributed by atoms with van der Waals surface area (Å²) < 4.78 is 5.77. The molecule has 0 N–H and O–H groups in total. The third kappa shape index (κ3) is 5.30. The van der Waals surface area contributed by atoms with E-state index in [-0.39, 0.29) is 12.5 Å². The number of amidine groups is 1. The Morgan fingerprint density at radius 1 is 0.900 bits per heavy atom. The van der Waals surface area contributed by atoms with Crippen LogP contribution in [0.4, 0.5) is 0 Å². The third-order valence-corrected chi connectivity index (χ3v) is 5.95. The Balaban J connectivity index is 1.36. The molecule has 0 aliphatic carbocycles. The van der Waals surface area contributed by atoms with E-state index >= 15 is 0 Å². The highest BCUT2D eigenvalue weighted by Gasteiger charge is 2.23. The molecule has 1 aliphatic heterocycles. The largest absolute Gasteiger partial charge is 0.484 e. The zero-order valence-electron chi connectivity index (χ0n) is 16.7. The van der Waals surface area contributed by atoms with Crippen LogP contribution in [0.1, 0.15) is 12.0 Å². The van der Waals surface area contributed by atoms with E-state index in [1.807, 2.05) is 72.8 Å². The van der Waals surface area contributed by atoms with Crippen molar-refractivity contribution in [1.82, 2.24) is 4.90 Å². The average Bonchev–Trinajstić information content (AvgIpc) is 2.83. The van der Waals surface area contributed by atoms with Gasteiger partial charge in [-0.25, -0.2) is 0 Å². The molecule has 0 saturated carbocycles. The van der Waals surface area contributed by atoms with E-state index in [0.29, 0.717) is 18.8 Å². The summed E-state index contributed by atoms with van der Waals surface area (Å²) in [5.74, 6) is 1.62. The van der Waals surface area contributed by atoms with Crippen molar-refractivity contribution in [1.29, 1.82) is 0 Å². The molecule has 152 valence electrons. The summed E-state index contributed by atoms with van der Waals surface area (Å²) in [5, 5.41) is 0.790. The Labute approximate surface area is 181 Å². The van der Waals surface area contributed by atoms with Gasteiger partial charge in [0.2, 0.25) is 0 Å². The van der Waals surface area contributed by atoms with Gasteiger partial charge in [-0.05, 0) is 35.2 Å². The molecule has 1 aliphatic rings. The van der Waals surface area contributed by atoms with Crippen molar-refractivity contribution in [3.8, 4) is 16.9 Å². The molecule has 5 heteroatoms. The lowest BCUT2D eigenvalue weighted by molar-refractivity contribution is -0.129. The summed E-state index contributed by atoms with van der Waals surface area (Å²) in [6, 6.07) is 28.1. The van der Waals surface area contributed by atoms with Crippen molar-refractivity contribution in [3.63, 3.8) is 0 Å². The maximum atomic E-state index is 12.8. The number of benzene rings is 3. The smallest absolute Gasteiger partial charge is 0.266 e. The number of hydrogen-bond donors (Lipinski definition) is 0. The molecule has 3 aromatic carbocycles. The number of carbonyl (C=O) groups is 1. The zero-order chi connectivity index (χ0) is 20.6. The van der Waals surface area contributed by atoms with Gasteiger partial charge in [0.25, 0.3) is 5.91 Å². The summed E-state index contributed by atoms with van der Waals surface area (Å²) in [6.45, 7) is 1.28. The molecule has 3 aromatic rings. The lowest BCUT2D eigenvalue weighted by Crippen LogP contribution is -2.42. The van der Waals surface area contributed by atoms with Crippen molar-refractivity contribution >= 4 is 22.8 Å². The van der Waals surface area contributed by atoms with Gasteiger partial charge < -0.3 is 4.74 Å².